The van der Waals surface area contributed by atoms with Gasteiger partial charge in [-0.25, -0.2) is 0 Å². The fourth-order valence-electron chi connectivity index (χ4n) is 4.01. The van der Waals surface area contributed by atoms with Crippen LogP contribution in [0.4, 0.5) is 0 Å². The Morgan fingerprint density at radius 2 is 1.88 bits per heavy atom. The highest BCUT2D eigenvalue weighted by Gasteiger charge is 2.24. The minimum Gasteiger partial charge on any atom is -0.497 e. The summed E-state index contributed by atoms with van der Waals surface area (Å²) in [7, 11) is 3.26. The number of amides is 1. The van der Waals surface area contributed by atoms with Gasteiger partial charge in [0.1, 0.15) is 11.5 Å². The zero-order valence-electron chi connectivity index (χ0n) is 18.3. The van der Waals surface area contributed by atoms with Gasteiger partial charge in [-0.15, -0.1) is 0 Å². The second-order valence-corrected chi connectivity index (χ2v) is 7.58. The molecule has 0 bridgehead atoms. The van der Waals surface area contributed by atoms with Crippen molar-refractivity contribution in [3.8, 4) is 11.5 Å². The molecule has 4 aromatic rings. The summed E-state index contributed by atoms with van der Waals surface area (Å²) in [5.74, 6) is 1.21. The Bertz CT molecular complexity index is 1190. The van der Waals surface area contributed by atoms with Crippen molar-refractivity contribution in [1.29, 1.82) is 0 Å². The molecule has 0 fully saturated rings. The number of hydrogen-bond donors (Lipinski definition) is 2. The van der Waals surface area contributed by atoms with Crippen LogP contribution in [0.1, 0.15) is 29.2 Å². The average Bonchev–Trinajstić information content (AvgIpc) is 3.27. The van der Waals surface area contributed by atoms with Gasteiger partial charge in [-0.1, -0.05) is 30.3 Å². The van der Waals surface area contributed by atoms with Crippen molar-refractivity contribution < 1.29 is 14.3 Å². The van der Waals surface area contributed by atoms with Crippen molar-refractivity contribution >= 4 is 16.8 Å². The molecule has 0 aliphatic heterocycles. The van der Waals surface area contributed by atoms with Gasteiger partial charge in [0, 0.05) is 65.9 Å². The Morgan fingerprint density at radius 3 is 2.66 bits per heavy atom. The number of aromatic nitrogens is 2. The molecule has 2 N–H and O–H groups in total. The van der Waals surface area contributed by atoms with Crippen LogP contribution in [0.5, 0.6) is 11.5 Å². The number of hydrogen-bond acceptors (Lipinski definition) is 4. The topological polar surface area (TPSA) is 76.2 Å². The van der Waals surface area contributed by atoms with E-state index in [0.717, 1.165) is 27.7 Å². The van der Waals surface area contributed by atoms with Crippen molar-refractivity contribution in [1.82, 2.24) is 15.3 Å². The summed E-state index contributed by atoms with van der Waals surface area (Å²) in [4.78, 5) is 20.6. The first-order chi connectivity index (χ1) is 15.7. The lowest BCUT2D eigenvalue weighted by atomic mass is 9.87. The third-order valence-corrected chi connectivity index (χ3v) is 5.63. The maximum Gasteiger partial charge on any atom is 0.220 e. The largest absolute Gasteiger partial charge is 0.497 e. The van der Waals surface area contributed by atoms with E-state index in [9.17, 15) is 4.79 Å². The average molecular weight is 430 g/mol. The van der Waals surface area contributed by atoms with Gasteiger partial charge in [0.2, 0.25) is 5.91 Å². The number of carbonyl (C=O) groups is 1. The minimum atomic E-state index is -0.179. The van der Waals surface area contributed by atoms with Gasteiger partial charge < -0.3 is 19.8 Å². The molecule has 0 unspecified atom stereocenters. The SMILES string of the molecule is COc1ccc([C@H](CC(=O)NCCc2ccccn2)c2c[nH]c3ccccc23)c(OC)c1. The van der Waals surface area contributed by atoms with Crippen LogP contribution in [0.3, 0.4) is 0 Å². The van der Waals surface area contributed by atoms with Crippen molar-refractivity contribution in [2.45, 2.75) is 18.8 Å². The van der Waals surface area contributed by atoms with E-state index in [2.05, 4.69) is 21.4 Å². The highest BCUT2D eigenvalue weighted by atomic mass is 16.5. The molecule has 32 heavy (non-hydrogen) atoms. The molecule has 1 amide bonds. The van der Waals surface area contributed by atoms with Crippen LogP contribution in [0, 0.1) is 0 Å². The highest BCUT2D eigenvalue weighted by Crippen LogP contribution is 2.39. The molecule has 0 aliphatic rings. The number of methoxy groups -OCH3 is 2. The monoisotopic (exact) mass is 429 g/mol. The number of nitrogens with one attached hydrogen (secondary N) is 2. The molecule has 164 valence electrons. The molecule has 2 aromatic carbocycles. The first kappa shape index (κ1) is 21.4. The lowest BCUT2D eigenvalue weighted by molar-refractivity contribution is -0.121. The number of carbonyl (C=O) groups excluding carboxylic acids is 1. The second kappa shape index (κ2) is 10.0. The molecule has 1 atom stereocenters. The standard InChI is InChI=1S/C26H27N3O3/c1-31-19-10-11-21(25(15-19)32-2)22(23-17-29-24-9-4-3-8-20(23)24)16-26(30)28-14-12-18-7-5-6-13-27-18/h3-11,13,15,17,22,29H,12,14,16H2,1-2H3,(H,28,30)/t22-/m0/s1. The number of para-hydroxylation sites is 1. The van der Waals surface area contributed by atoms with E-state index in [-0.39, 0.29) is 11.8 Å². The van der Waals surface area contributed by atoms with Gasteiger partial charge >= 0.3 is 0 Å². The number of H-pyrrole nitrogens is 1. The van der Waals surface area contributed by atoms with Gasteiger partial charge in [0.25, 0.3) is 0 Å². The summed E-state index contributed by atoms with van der Waals surface area (Å²) >= 11 is 0. The Morgan fingerprint density at radius 1 is 1.03 bits per heavy atom. The van der Waals surface area contributed by atoms with Crippen molar-refractivity contribution in [2.75, 3.05) is 20.8 Å². The predicted octanol–water partition coefficient (Wildman–Crippen LogP) is 4.46. The van der Waals surface area contributed by atoms with Crippen molar-refractivity contribution in [3.05, 3.63) is 89.9 Å². The van der Waals surface area contributed by atoms with Gasteiger partial charge in [-0.3, -0.25) is 9.78 Å². The zero-order chi connectivity index (χ0) is 22.3. The number of ether oxygens (including phenoxy) is 2. The molecule has 0 radical (unpaired) electrons. The Labute approximate surface area is 187 Å². The molecular formula is C26H27N3O3. The molecule has 0 spiro atoms. The Balaban J connectivity index is 1.60. The van der Waals surface area contributed by atoms with Crippen LogP contribution in [0.25, 0.3) is 10.9 Å². The second-order valence-electron chi connectivity index (χ2n) is 7.58. The fraction of sp³-hybridized carbons (Fsp3) is 0.231. The molecular weight excluding hydrogens is 402 g/mol. The van der Waals surface area contributed by atoms with Gasteiger partial charge in [0.05, 0.1) is 14.2 Å². The van der Waals surface area contributed by atoms with E-state index in [4.69, 9.17) is 9.47 Å². The van der Waals surface area contributed by atoms with Crippen LogP contribution < -0.4 is 14.8 Å². The number of aromatic amines is 1. The lowest BCUT2D eigenvalue weighted by Crippen LogP contribution is -2.27. The number of fused-ring (bicyclic) bond motifs is 1. The number of rotatable bonds is 9. The quantitative estimate of drug-likeness (QED) is 0.412. The van der Waals surface area contributed by atoms with E-state index >= 15 is 0 Å². The van der Waals surface area contributed by atoms with Crippen LogP contribution >= 0.6 is 0 Å². The number of nitrogens with zero attached hydrogens (tertiary/aromatic N) is 1. The van der Waals surface area contributed by atoms with Crippen LogP contribution in [0.2, 0.25) is 0 Å². The summed E-state index contributed by atoms with van der Waals surface area (Å²) in [6.45, 7) is 0.538. The molecule has 0 saturated carbocycles. The van der Waals surface area contributed by atoms with E-state index < -0.39 is 0 Å². The summed E-state index contributed by atoms with van der Waals surface area (Å²) in [5, 5.41) is 4.14. The summed E-state index contributed by atoms with van der Waals surface area (Å²) in [6.07, 6.45) is 4.74. The first-order valence-electron chi connectivity index (χ1n) is 10.6. The predicted molar refractivity (Wildman–Crippen MR) is 125 cm³/mol. The molecule has 0 aliphatic carbocycles. The Kier molecular flexibility index (Phi) is 6.70. The molecule has 6 heteroatoms. The summed E-state index contributed by atoms with van der Waals surface area (Å²) in [5.41, 5.74) is 4.00. The fourth-order valence-corrected chi connectivity index (χ4v) is 4.01. The smallest absolute Gasteiger partial charge is 0.220 e. The van der Waals surface area contributed by atoms with Crippen LogP contribution in [-0.2, 0) is 11.2 Å². The van der Waals surface area contributed by atoms with E-state index in [1.54, 1.807) is 20.4 Å². The Hall–Kier alpha value is -3.80. The first-order valence-corrected chi connectivity index (χ1v) is 10.6. The third kappa shape index (κ3) is 4.75. The van der Waals surface area contributed by atoms with Gasteiger partial charge in [-0.05, 0) is 29.8 Å². The van der Waals surface area contributed by atoms with Gasteiger partial charge in [-0.2, -0.15) is 0 Å². The number of pyridine rings is 1. The maximum atomic E-state index is 13.0. The molecule has 4 rings (SSSR count). The number of benzene rings is 2. The minimum absolute atomic E-state index is 0.0194. The van der Waals surface area contributed by atoms with Crippen LogP contribution in [0.15, 0.2) is 73.1 Å². The highest BCUT2D eigenvalue weighted by molar-refractivity contribution is 5.86. The van der Waals surface area contributed by atoms with Crippen molar-refractivity contribution in [3.63, 3.8) is 0 Å². The molecule has 2 aromatic heterocycles. The van der Waals surface area contributed by atoms with Crippen molar-refractivity contribution in [2.24, 2.45) is 0 Å². The normalized spacial score (nSPS) is 11.8. The van der Waals surface area contributed by atoms with Crippen LogP contribution in [-0.4, -0.2) is 36.6 Å². The summed E-state index contributed by atoms with van der Waals surface area (Å²) < 4.78 is 11.0. The van der Waals surface area contributed by atoms with E-state index in [1.165, 1.54) is 0 Å². The summed E-state index contributed by atoms with van der Waals surface area (Å²) in [6, 6.07) is 19.6. The third-order valence-electron chi connectivity index (χ3n) is 5.63. The molecule has 6 nitrogen and oxygen atoms in total. The maximum absolute atomic E-state index is 13.0. The van der Waals surface area contributed by atoms with E-state index in [1.807, 2.05) is 60.8 Å². The van der Waals surface area contributed by atoms with Gasteiger partial charge in [0.15, 0.2) is 0 Å². The zero-order valence-corrected chi connectivity index (χ0v) is 18.3. The molecule has 2 heterocycles. The van der Waals surface area contributed by atoms with E-state index in [0.29, 0.717) is 30.9 Å². The lowest BCUT2D eigenvalue weighted by Gasteiger charge is -2.20. The molecule has 0 saturated heterocycles.